The predicted molar refractivity (Wildman–Crippen MR) is 70.4 cm³/mol. The van der Waals surface area contributed by atoms with E-state index in [9.17, 15) is 0 Å². The molecule has 17 heavy (non-hydrogen) atoms. The third kappa shape index (κ3) is 4.38. The van der Waals surface area contributed by atoms with E-state index < -0.39 is 0 Å². The summed E-state index contributed by atoms with van der Waals surface area (Å²) in [5, 5.41) is 7.74. The maximum absolute atomic E-state index is 5.31. The first kappa shape index (κ1) is 14.0. The first-order valence-electron chi connectivity index (χ1n) is 6.13. The highest BCUT2D eigenvalue weighted by Crippen LogP contribution is 2.20. The van der Waals surface area contributed by atoms with Crippen molar-refractivity contribution in [2.75, 3.05) is 13.7 Å². The van der Waals surface area contributed by atoms with Gasteiger partial charge >= 0.3 is 0 Å². The topological polar surface area (TPSA) is 39.1 Å². The number of hydrogen-bond donors (Lipinski definition) is 1. The van der Waals surface area contributed by atoms with Crippen molar-refractivity contribution in [1.29, 1.82) is 0 Å². The number of hydrogen-bond acceptors (Lipinski definition) is 3. The number of methoxy groups -OCH3 is 1. The van der Waals surface area contributed by atoms with E-state index in [1.807, 2.05) is 11.7 Å². The van der Waals surface area contributed by atoms with Gasteiger partial charge in [-0.15, -0.1) is 0 Å². The molecule has 1 atom stereocenters. The van der Waals surface area contributed by atoms with E-state index >= 15 is 0 Å². The Hall–Kier alpha value is -1.03. The molecule has 0 aromatic carbocycles. The lowest BCUT2D eigenvalue weighted by Gasteiger charge is -2.23. The Morgan fingerprint density at radius 2 is 2.12 bits per heavy atom. The average Bonchev–Trinajstić information content (AvgIpc) is 2.56. The zero-order valence-electron chi connectivity index (χ0n) is 11.9. The number of nitrogens with zero attached hydrogens (tertiary/aromatic N) is 2. The van der Waals surface area contributed by atoms with Gasteiger partial charge in [0, 0.05) is 12.6 Å². The maximum Gasteiger partial charge on any atom is 0.159 e. The van der Waals surface area contributed by atoms with Crippen LogP contribution in [0.3, 0.4) is 0 Å². The third-order valence-electron chi connectivity index (χ3n) is 2.77. The summed E-state index contributed by atoms with van der Waals surface area (Å²) < 4.78 is 7.20. The molecule has 98 valence electrons. The van der Waals surface area contributed by atoms with Crippen LogP contribution < -0.4 is 10.1 Å². The van der Waals surface area contributed by atoms with E-state index in [-0.39, 0.29) is 5.54 Å². The lowest BCUT2D eigenvalue weighted by molar-refractivity contribution is 0.370. The van der Waals surface area contributed by atoms with Gasteiger partial charge in [0.1, 0.15) is 0 Å². The fourth-order valence-corrected chi connectivity index (χ4v) is 1.73. The first-order chi connectivity index (χ1) is 7.83. The van der Waals surface area contributed by atoms with Crippen molar-refractivity contribution in [3.8, 4) is 5.75 Å². The minimum Gasteiger partial charge on any atom is -0.493 e. The Labute approximate surface area is 104 Å². The summed E-state index contributed by atoms with van der Waals surface area (Å²) in [4.78, 5) is 0. The van der Waals surface area contributed by atoms with Gasteiger partial charge in [-0.2, -0.15) is 5.10 Å². The maximum atomic E-state index is 5.31. The van der Waals surface area contributed by atoms with Gasteiger partial charge < -0.3 is 10.1 Å². The highest BCUT2D eigenvalue weighted by atomic mass is 16.5. The fourth-order valence-electron chi connectivity index (χ4n) is 1.73. The molecule has 0 fully saturated rings. The van der Waals surface area contributed by atoms with Gasteiger partial charge in [0.25, 0.3) is 0 Å². The molecule has 0 aliphatic carbocycles. The molecule has 1 rings (SSSR count). The van der Waals surface area contributed by atoms with E-state index in [1.165, 1.54) is 0 Å². The predicted octanol–water partition coefficient (Wildman–Crippen LogP) is 2.00. The second kappa shape index (κ2) is 5.54. The Morgan fingerprint density at radius 1 is 1.47 bits per heavy atom. The normalized spacial score (nSPS) is 13.8. The third-order valence-corrected chi connectivity index (χ3v) is 2.77. The van der Waals surface area contributed by atoms with Crippen molar-refractivity contribution in [2.24, 2.45) is 13.0 Å². The largest absolute Gasteiger partial charge is 0.493 e. The van der Waals surface area contributed by atoms with E-state index in [1.54, 1.807) is 13.3 Å². The molecule has 0 radical (unpaired) electrons. The number of nitrogens with one attached hydrogen (secondary N) is 1. The summed E-state index contributed by atoms with van der Waals surface area (Å²) in [5.41, 5.74) is 1.33. The zero-order valence-corrected chi connectivity index (χ0v) is 11.9. The van der Waals surface area contributed by atoms with Crippen LogP contribution in [0, 0.1) is 5.92 Å². The molecule has 0 aliphatic rings. The van der Waals surface area contributed by atoms with Gasteiger partial charge in [-0.1, -0.05) is 6.92 Å². The number of aromatic nitrogens is 2. The van der Waals surface area contributed by atoms with Crippen LogP contribution in [-0.4, -0.2) is 29.0 Å². The van der Waals surface area contributed by atoms with Crippen LogP contribution in [-0.2, 0) is 13.5 Å². The van der Waals surface area contributed by atoms with Crippen LogP contribution in [0.4, 0.5) is 0 Å². The second-order valence-electron chi connectivity index (χ2n) is 5.72. The Bertz CT molecular complexity index is 352. The van der Waals surface area contributed by atoms with Gasteiger partial charge in [-0.25, -0.2) is 0 Å². The van der Waals surface area contributed by atoms with E-state index in [4.69, 9.17) is 4.74 Å². The molecule has 0 saturated heterocycles. The lowest BCUT2D eigenvalue weighted by atomic mass is 10.0. The molecule has 4 nitrogen and oxygen atoms in total. The van der Waals surface area contributed by atoms with Crippen molar-refractivity contribution >= 4 is 0 Å². The summed E-state index contributed by atoms with van der Waals surface area (Å²) >= 11 is 0. The molecule has 4 heteroatoms. The van der Waals surface area contributed by atoms with Crippen molar-refractivity contribution in [3.63, 3.8) is 0 Å². The molecule has 1 aromatic rings. The van der Waals surface area contributed by atoms with Gasteiger partial charge in [0.05, 0.1) is 19.0 Å². The van der Waals surface area contributed by atoms with Crippen LogP contribution in [0.15, 0.2) is 6.20 Å². The molecule has 1 heterocycles. The second-order valence-corrected chi connectivity index (χ2v) is 5.72. The summed E-state index contributed by atoms with van der Waals surface area (Å²) in [5.74, 6) is 1.44. The number of ether oxygens (including phenoxy) is 1. The highest BCUT2D eigenvalue weighted by molar-refractivity contribution is 5.25. The van der Waals surface area contributed by atoms with Crippen molar-refractivity contribution in [3.05, 3.63) is 11.9 Å². The average molecular weight is 239 g/mol. The van der Waals surface area contributed by atoms with Crippen molar-refractivity contribution < 1.29 is 4.74 Å². The number of aryl methyl sites for hydroxylation is 1. The van der Waals surface area contributed by atoms with Crippen molar-refractivity contribution in [2.45, 2.75) is 39.7 Å². The molecule has 1 N–H and O–H groups in total. The summed E-state index contributed by atoms with van der Waals surface area (Å²) in [6.07, 6.45) is 2.75. The minimum absolute atomic E-state index is 0.171. The zero-order chi connectivity index (χ0) is 13.1. The van der Waals surface area contributed by atoms with E-state index in [0.717, 1.165) is 24.4 Å². The van der Waals surface area contributed by atoms with E-state index in [0.29, 0.717) is 5.92 Å². The molecular weight excluding hydrogens is 214 g/mol. The highest BCUT2D eigenvalue weighted by Gasteiger charge is 2.15. The molecule has 0 spiro atoms. The Morgan fingerprint density at radius 3 is 2.65 bits per heavy atom. The molecular formula is C13H25N3O. The summed E-state index contributed by atoms with van der Waals surface area (Å²) in [6, 6.07) is 0. The minimum atomic E-state index is 0.171. The number of rotatable bonds is 5. The summed E-state index contributed by atoms with van der Waals surface area (Å²) in [7, 11) is 3.65. The molecule has 0 bridgehead atoms. The van der Waals surface area contributed by atoms with Crippen LogP contribution in [0.2, 0.25) is 0 Å². The Kier molecular flexibility index (Phi) is 4.57. The standard InChI is InChI=1S/C13H25N3O/c1-10(8-14-13(2,3)4)7-11-12(17-6)9-15-16(11)5/h9-10,14H,7-8H2,1-6H3. The molecule has 0 aliphatic heterocycles. The van der Waals surface area contributed by atoms with Crippen LogP contribution in [0.1, 0.15) is 33.4 Å². The van der Waals surface area contributed by atoms with E-state index in [2.05, 4.69) is 38.1 Å². The quantitative estimate of drug-likeness (QED) is 0.854. The fraction of sp³-hybridized carbons (Fsp3) is 0.769. The molecule has 0 saturated carbocycles. The van der Waals surface area contributed by atoms with Crippen LogP contribution >= 0.6 is 0 Å². The van der Waals surface area contributed by atoms with Crippen molar-refractivity contribution in [1.82, 2.24) is 15.1 Å². The van der Waals surface area contributed by atoms with Crippen LogP contribution in [0.25, 0.3) is 0 Å². The van der Waals surface area contributed by atoms with Gasteiger partial charge in [-0.05, 0) is 39.7 Å². The smallest absolute Gasteiger partial charge is 0.159 e. The Balaban J connectivity index is 2.55. The van der Waals surface area contributed by atoms with Crippen LogP contribution in [0.5, 0.6) is 5.75 Å². The van der Waals surface area contributed by atoms with Gasteiger partial charge in [-0.3, -0.25) is 4.68 Å². The monoisotopic (exact) mass is 239 g/mol. The van der Waals surface area contributed by atoms with Gasteiger partial charge in [0.2, 0.25) is 0 Å². The molecule has 1 aromatic heterocycles. The molecule has 0 amide bonds. The first-order valence-corrected chi connectivity index (χ1v) is 6.13. The lowest BCUT2D eigenvalue weighted by Crippen LogP contribution is -2.39. The van der Waals surface area contributed by atoms with Gasteiger partial charge in [0.15, 0.2) is 5.75 Å². The molecule has 1 unspecified atom stereocenters. The SMILES string of the molecule is COc1cnn(C)c1CC(C)CNC(C)(C)C. The summed E-state index contributed by atoms with van der Waals surface area (Å²) in [6.45, 7) is 9.79.